The number of benzene rings is 2. The molecule has 0 amide bonds. The summed E-state index contributed by atoms with van der Waals surface area (Å²) in [7, 11) is 0. The van der Waals surface area contributed by atoms with E-state index in [9.17, 15) is 0 Å². The number of para-hydroxylation sites is 1. The monoisotopic (exact) mass is 444 g/mol. The van der Waals surface area contributed by atoms with Crippen LogP contribution in [0.1, 0.15) is 66.0 Å². The van der Waals surface area contributed by atoms with Gasteiger partial charge in [0.1, 0.15) is 17.9 Å². The Morgan fingerprint density at radius 1 is 1.00 bits per heavy atom. The van der Waals surface area contributed by atoms with Crippen molar-refractivity contribution in [2.24, 2.45) is 5.41 Å². The zero-order valence-corrected chi connectivity index (χ0v) is 20.7. The molecule has 0 aliphatic carbocycles. The first-order valence-corrected chi connectivity index (χ1v) is 11.8. The van der Waals surface area contributed by atoms with Crippen molar-refractivity contribution in [1.82, 2.24) is 14.5 Å². The van der Waals surface area contributed by atoms with Gasteiger partial charge in [0.2, 0.25) is 0 Å². The number of aromatic nitrogens is 3. The molecule has 4 rings (SSSR count). The van der Waals surface area contributed by atoms with Gasteiger partial charge in [-0.25, -0.2) is 9.97 Å². The quantitative estimate of drug-likeness (QED) is 0.336. The van der Waals surface area contributed by atoms with E-state index >= 15 is 0 Å². The number of hydrogen-bond donors (Lipinski definition) is 1. The number of ether oxygens (including phenoxy) is 1. The molecule has 0 bridgehead atoms. The first-order valence-electron chi connectivity index (χ1n) is 11.8. The third-order valence-corrected chi connectivity index (χ3v) is 6.35. The zero-order valence-electron chi connectivity index (χ0n) is 20.7. The van der Waals surface area contributed by atoms with Crippen molar-refractivity contribution in [3.05, 3.63) is 60.4 Å². The van der Waals surface area contributed by atoms with Crippen molar-refractivity contribution < 1.29 is 4.74 Å². The summed E-state index contributed by atoms with van der Waals surface area (Å²) in [4.78, 5) is 9.10. The summed E-state index contributed by atoms with van der Waals surface area (Å²) in [5.74, 6) is 1.35. The van der Waals surface area contributed by atoms with Crippen LogP contribution in [0.2, 0.25) is 0 Å². The molecule has 2 aromatic carbocycles. The summed E-state index contributed by atoms with van der Waals surface area (Å²) in [5.41, 5.74) is 10.6. The number of hydrogen-bond acceptors (Lipinski definition) is 4. The Morgan fingerprint density at radius 2 is 1.70 bits per heavy atom. The van der Waals surface area contributed by atoms with Crippen LogP contribution >= 0.6 is 0 Å². The summed E-state index contributed by atoms with van der Waals surface area (Å²) in [6, 6.07) is 16.8. The lowest BCUT2D eigenvalue weighted by Crippen LogP contribution is -2.24. The van der Waals surface area contributed by atoms with Gasteiger partial charge in [-0.1, -0.05) is 71.9 Å². The average Bonchev–Trinajstić information content (AvgIpc) is 3.19. The molecule has 33 heavy (non-hydrogen) atoms. The smallest absolute Gasteiger partial charge is 0.152 e. The standard InChI is InChI=1S/C28H36N4O/c1-7-20(16-33-21-14-12-19(13-15-21)28(5,6)17-27(2,3)4)32-18-30-24-25(32)22-10-8-9-11-23(22)31-26(24)29/h8-15,18,20H,7,16-17H2,1-6H3,(H2,29,31). The van der Waals surface area contributed by atoms with Crippen LogP contribution in [0.25, 0.3) is 21.9 Å². The molecule has 0 spiro atoms. The van der Waals surface area contributed by atoms with Gasteiger partial charge in [0.15, 0.2) is 5.82 Å². The number of imidazole rings is 1. The minimum absolute atomic E-state index is 0.119. The number of nitrogen functional groups attached to an aromatic ring is 1. The number of nitrogens with zero attached hydrogens (tertiary/aromatic N) is 3. The second-order valence-electron chi connectivity index (χ2n) is 10.9. The topological polar surface area (TPSA) is 66.0 Å². The zero-order chi connectivity index (χ0) is 23.8. The maximum atomic E-state index is 6.25. The maximum Gasteiger partial charge on any atom is 0.152 e. The van der Waals surface area contributed by atoms with Crippen molar-refractivity contribution in [3.8, 4) is 5.75 Å². The molecule has 4 aromatic rings. The molecule has 2 N–H and O–H groups in total. The van der Waals surface area contributed by atoms with Crippen LogP contribution in [-0.2, 0) is 5.41 Å². The molecule has 0 radical (unpaired) electrons. The molecule has 0 aliphatic rings. The van der Waals surface area contributed by atoms with Crippen LogP contribution in [0, 0.1) is 5.41 Å². The Balaban J connectivity index is 1.56. The van der Waals surface area contributed by atoms with E-state index in [1.807, 2.05) is 24.5 Å². The van der Waals surface area contributed by atoms with Gasteiger partial charge in [-0.15, -0.1) is 0 Å². The number of pyridine rings is 1. The summed E-state index contributed by atoms with van der Waals surface area (Å²) in [5, 5.41) is 1.06. The van der Waals surface area contributed by atoms with Crippen molar-refractivity contribution >= 4 is 27.8 Å². The van der Waals surface area contributed by atoms with Gasteiger partial charge in [0, 0.05) is 5.39 Å². The fraction of sp³-hybridized carbons (Fsp3) is 0.429. The number of nitrogens with two attached hydrogens (primary N) is 1. The van der Waals surface area contributed by atoms with Gasteiger partial charge in [-0.3, -0.25) is 0 Å². The van der Waals surface area contributed by atoms with Crippen molar-refractivity contribution in [2.75, 3.05) is 12.3 Å². The van der Waals surface area contributed by atoms with E-state index in [1.165, 1.54) is 5.56 Å². The molecule has 5 heteroatoms. The minimum Gasteiger partial charge on any atom is -0.491 e. The van der Waals surface area contributed by atoms with E-state index in [1.54, 1.807) is 0 Å². The third kappa shape index (κ3) is 4.82. The molecule has 2 heterocycles. The Labute approximate surface area is 197 Å². The van der Waals surface area contributed by atoms with Gasteiger partial charge in [0.05, 0.1) is 23.4 Å². The molecule has 2 aromatic heterocycles. The molecule has 0 saturated carbocycles. The fourth-order valence-corrected chi connectivity index (χ4v) is 5.06. The van der Waals surface area contributed by atoms with E-state index in [-0.39, 0.29) is 16.9 Å². The van der Waals surface area contributed by atoms with E-state index in [4.69, 9.17) is 10.5 Å². The minimum atomic E-state index is 0.119. The second-order valence-corrected chi connectivity index (χ2v) is 10.9. The average molecular weight is 445 g/mol. The number of rotatable bonds is 7. The van der Waals surface area contributed by atoms with Gasteiger partial charge < -0.3 is 15.0 Å². The molecule has 0 fully saturated rings. The molecular formula is C28H36N4O. The predicted molar refractivity (Wildman–Crippen MR) is 138 cm³/mol. The normalized spacial score (nSPS) is 13.5. The second kappa shape index (κ2) is 8.69. The first kappa shape index (κ1) is 23.1. The summed E-state index contributed by atoms with van der Waals surface area (Å²) in [6.07, 6.45) is 3.90. The molecule has 0 saturated heterocycles. The van der Waals surface area contributed by atoms with Gasteiger partial charge in [-0.2, -0.15) is 0 Å². The Hall–Kier alpha value is -3.08. The Kier molecular flexibility index (Phi) is 6.08. The lowest BCUT2D eigenvalue weighted by molar-refractivity contribution is 0.248. The van der Waals surface area contributed by atoms with Crippen molar-refractivity contribution in [3.63, 3.8) is 0 Å². The van der Waals surface area contributed by atoms with Crippen molar-refractivity contribution in [2.45, 2.75) is 65.8 Å². The first-order chi connectivity index (χ1) is 15.6. The lowest BCUT2D eigenvalue weighted by atomic mass is 9.72. The van der Waals surface area contributed by atoms with Crippen molar-refractivity contribution in [1.29, 1.82) is 0 Å². The highest BCUT2D eigenvalue weighted by Gasteiger charge is 2.27. The van der Waals surface area contributed by atoms with Crippen LogP contribution in [0.5, 0.6) is 5.75 Å². The van der Waals surface area contributed by atoms with Crippen LogP contribution in [0.4, 0.5) is 5.82 Å². The Bertz CT molecular complexity index is 1250. The molecule has 1 unspecified atom stereocenters. The number of fused-ring (bicyclic) bond motifs is 3. The molecule has 5 nitrogen and oxygen atoms in total. The van der Waals surface area contributed by atoms with Gasteiger partial charge in [0.25, 0.3) is 0 Å². The predicted octanol–water partition coefficient (Wildman–Crippen LogP) is 6.91. The summed E-state index contributed by atoms with van der Waals surface area (Å²) >= 11 is 0. The number of anilines is 1. The lowest BCUT2D eigenvalue weighted by Gasteiger charge is -2.33. The fourth-order valence-electron chi connectivity index (χ4n) is 5.06. The van der Waals surface area contributed by atoms with Crippen LogP contribution < -0.4 is 10.5 Å². The SMILES string of the molecule is CCC(COc1ccc(C(C)(C)CC(C)(C)C)cc1)n1cnc2c(N)nc3ccccc3c21. The maximum absolute atomic E-state index is 6.25. The van der Waals surface area contributed by atoms with Crippen LogP contribution in [0.3, 0.4) is 0 Å². The van der Waals surface area contributed by atoms with Gasteiger partial charge >= 0.3 is 0 Å². The van der Waals surface area contributed by atoms with E-state index in [2.05, 4.69) is 86.4 Å². The summed E-state index contributed by atoms with van der Waals surface area (Å²) < 4.78 is 8.44. The molecular weight excluding hydrogens is 408 g/mol. The largest absolute Gasteiger partial charge is 0.491 e. The van der Waals surface area contributed by atoms with Crippen LogP contribution in [-0.4, -0.2) is 21.1 Å². The highest BCUT2D eigenvalue weighted by molar-refractivity contribution is 6.06. The van der Waals surface area contributed by atoms with Gasteiger partial charge in [-0.05, 0) is 47.4 Å². The van der Waals surface area contributed by atoms with E-state index in [0.717, 1.165) is 40.5 Å². The van der Waals surface area contributed by atoms with E-state index < -0.39 is 0 Å². The highest BCUT2D eigenvalue weighted by Crippen LogP contribution is 2.37. The molecule has 0 aliphatic heterocycles. The molecule has 174 valence electrons. The molecule has 1 atom stereocenters. The van der Waals surface area contributed by atoms with Crippen LogP contribution in [0.15, 0.2) is 54.9 Å². The summed E-state index contributed by atoms with van der Waals surface area (Å²) in [6.45, 7) is 14.2. The Morgan fingerprint density at radius 3 is 2.36 bits per heavy atom. The van der Waals surface area contributed by atoms with E-state index in [0.29, 0.717) is 12.4 Å². The highest BCUT2D eigenvalue weighted by atomic mass is 16.5. The third-order valence-electron chi connectivity index (χ3n) is 6.35.